The SMILES string of the molecule is COc1nc2ccc(ccc3ccc(ccc4ccc1o4)s3)o2. The Kier molecular flexibility index (Phi) is 3.48. The van der Waals surface area contributed by atoms with Crippen molar-refractivity contribution in [1.29, 1.82) is 0 Å². The van der Waals surface area contributed by atoms with Gasteiger partial charge in [0, 0.05) is 15.5 Å². The summed E-state index contributed by atoms with van der Waals surface area (Å²) in [6, 6.07) is 19.4. The first-order chi connectivity index (χ1) is 11.3. The van der Waals surface area contributed by atoms with Crippen LogP contribution < -0.4 is 4.74 Å². The number of rotatable bonds is 1. The number of furan rings is 2. The molecule has 4 heterocycles. The molecule has 4 nitrogen and oxygen atoms in total. The highest BCUT2D eigenvalue weighted by Gasteiger charge is 2.01. The molecule has 5 heteroatoms. The molecular weight excluding hydrogens is 310 g/mol. The van der Waals surface area contributed by atoms with Crippen LogP contribution >= 0.6 is 11.3 Å². The van der Waals surface area contributed by atoms with Crippen molar-refractivity contribution in [3.63, 3.8) is 0 Å². The number of nitrogens with zero attached hydrogens (tertiary/aromatic N) is 1. The highest BCUT2D eigenvalue weighted by molar-refractivity contribution is 7.23. The molecule has 4 aromatic rings. The minimum Gasteiger partial charge on any atom is -0.478 e. The fourth-order valence-electron chi connectivity index (χ4n) is 2.23. The third-order valence-electron chi connectivity index (χ3n) is 3.33. The van der Waals surface area contributed by atoms with E-state index in [-0.39, 0.29) is 0 Å². The van der Waals surface area contributed by atoms with Crippen molar-refractivity contribution in [2.24, 2.45) is 0 Å². The van der Waals surface area contributed by atoms with E-state index in [1.54, 1.807) is 24.5 Å². The molecule has 0 aliphatic carbocycles. The second-order valence-electron chi connectivity index (χ2n) is 4.91. The molecule has 0 fully saturated rings. The van der Waals surface area contributed by atoms with Gasteiger partial charge < -0.3 is 13.6 Å². The molecule has 4 aromatic heterocycles. The van der Waals surface area contributed by atoms with E-state index in [4.69, 9.17) is 13.6 Å². The molecule has 0 aromatic carbocycles. The summed E-state index contributed by atoms with van der Waals surface area (Å²) in [7, 11) is 1.56. The highest BCUT2D eigenvalue weighted by atomic mass is 32.1. The molecule has 0 unspecified atom stereocenters. The summed E-state index contributed by atoms with van der Waals surface area (Å²) in [5.41, 5.74) is 2.50. The molecule has 0 amide bonds. The quantitative estimate of drug-likeness (QED) is 0.465. The lowest BCUT2D eigenvalue weighted by Crippen LogP contribution is -1.84. The number of thiophene rings is 1. The van der Waals surface area contributed by atoms with Gasteiger partial charge in [0.05, 0.1) is 7.11 Å². The monoisotopic (exact) mass is 323 g/mol. The Bertz CT molecular complexity index is 1070. The number of hydrogen-bond acceptors (Lipinski definition) is 5. The molecule has 0 aliphatic rings. The van der Waals surface area contributed by atoms with E-state index in [9.17, 15) is 0 Å². The fourth-order valence-corrected chi connectivity index (χ4v) is 3.04. The topological polar surface area (TPSA) is 48.4 Å². The van der Waals surface area contributed by atoms with Crippen molar-refractivity contribution in [3.05, 3.63) is 60.7 Å². The molecule has 23 heavy (non-hydrogen) atoms. The van der Waals surface area contributed by atoms with Crippen LogP contribution in [-0.4, -0.2) is 12.1 Å². The first kappa shape index (κ1) is 13.8. The molecule has 4 rings (SSSR count). The zero-order valence-corrected chi connectivity index (χ0v) is 13.2. The zero-order chi connectivity index (χ0) is 15.6. The average Bonchev–Trinajstić information content (AvgIpc) is 3.28. The lowest BCUT2D eigenvalue weighted by molar-refractivity contribution is 0.394. The van der Waals surface area contributed by atoms with Gasteiger partial charge in [-0.1, -0.05) is 0 Å². The van der Waals surface area contributed by atoms with Gasteiger partial charge >= 0.3 is 0 Å². The summed E-state index contributed by atoms with van der Waals surface area (Å²) in [6.45, 7) is 0. The van der Waals surface area contributed by atoms with Crippen LogP contribution in [0, 0.1) is 0 Å². The van der Waals surface area contributed by atoms with Crippen molar-refractivity contribution in [2.45, 2.75) is 0 Å². The van der Waals surface area contributed by atoms with Crippen LogP contribution in [0.4, 0.5) is 0 Å². The summed E-state index contributed by atoms with van der Waals surface area (Å²) >= 11 is 1.70. The van der Waals surface area contributed by atoms with Gasteiger partial charge in [0.2, 0.25) is 5.71 Å². The second-order valence-corrected chi connectivity index (χ2v) is 6.05. The Morgan fingerprint density at radius 2 is 1.39 bits per heavy atom. The molecule has 6 bridgehead atoms. The van der Waals surface area contributed by atoms with E-state index >= 15 is 0 Å². The summed E-state index contributed by atoms with van der Waals surface area (Å²) in [6.07, 6.45) is 0. The highest BCUT2D eigenvalue weighted by Crippen LogP contribution is 2.22. The van der Waals surface area contributed by atoms with Gasteiger partial charge in [0.1, 0.15) is 11.2 Å². The van der Waals surface area contributed by atoms with Crippen molar-refractivity contribution in [1.82, 2.24) is 4.98 Å². The van der Waals surface area contributed by atoms with E-state index in [0.717, 1.165) is 20.6 Å². The van der Waals surface area contributed by atoms with Crippen LogP contribution in [-0.2, 0) is 0 Å². The number of hydrogen-bond donors (Lipinski definition) is 0. The van der Waals surface area contributed by atoms with E-state index in [2.05, 4.69) is 17.1 Å². The molecule has 0 N–H and O–H groups in total. The van der Waals surface area contributed by atoms with Crippen LogP contribution in [0.3, 0.4) is 0 Å². The van der Waals surface area contributed by atoms with Crippen LogP contribution in [0.5, 0.6) is 5.88 Å². The summed E-state index contributed by atoms with van der Waals surface area (Å²) in [5.74, 6) is 0.377. The molecule has 0 saturated heterocycles. The summed E-state index contributed by atoms with van der Waals surface area (Å²) in [4.78, 5) is 4.36. The lowest BCUT2D eigenvalue weighted by Gasteiger charge is -1.93. The Labute approximate surface area is 135 Å². The minimum absolute atomic E-state index is 0.377. The predicted octanol–water partition coefficient (Wildman–Crippen LogP) is 5.48. The first-order valence-corrected chi connectivity index (χ1v) is 7.90. The van der Waals surface area contributed by atoms with Gasteiger partial charge in [0.25, 0.3) is 5.88 Å². The van der Waals surface area contributed by atoms with Crippen molar-refractivity contribution < 1.29 is 13.6 Å². The number of ether oxygens (including phenoxy) is 1. The Morgan fingerprint density at radius 3 is 2.13 bits per heavy atom. The van der Waals surface area contributed by atoms with Gasteiger partial charge in [0.15, 0.2) is 5.58 Å². The van der Waals surface area contributed by atoms with Crippen molar-refractivity contribution >= 4 is 43.2 Å². The first-order valence-electron chi connectivity index (χ1n) is 7.09. The zero-order valence-electron chi connectivity index (χ0n) is 12.4. The lowest BCUT2D eigenvalue weighted by atomic mass is 10.4. The molecule has 0 atom stereocenters. The maximum absolute atomic E-state index is 5.76. The smallest absolute Gasteiger partial charge is 0.260 e. The van der Waals surface area contributed by atoms with E-state index in [0.29, 0.717) is 17.2 Å². The summed E-state index contributed by atoms with van der Waals surface area (Å²) in [5, 5.41) is 0. The number of aromatic nitrogens is 1. The largest absolute Gasteiger partial charge is 0.478 e. The number of fused-ring (bicyclic) bond motifs is 6. The van der Waals surface area contributed by atoms with Crippen LogP contribution in [0.15, 0.2) is 69.5 Å². The fraction of sp³-hybridized carbons (Fsp3) is 0.0556. The van der Waals surface area contributed by atoms with Crippen LogP contribution in [0.2, 0.25) is 0 Å². The van der Waals surface area contributed by atoms with Crippen molar-refractivity contribution in [3.8, 4) is 5.88 Å². The molecule has 114 valence electrons. The van der Waals surface area contributed by atoms with Gasteiger partial charge in [-0.05, 0) is 54.6 Å². The van der Waals surface area contributed by atoms with E-state index in [1.807, 2.05) is 42.5 Å². The average molecular weight is 323 g/mol. The molecule has 0 spiro atoms. The van der Waals surface area contributed by atoms with Crippen molar-refractivity contribution in [2.75, 3.05) is 7.11 Å². The van der Waals surface area contributed by atoms with E-state index < -0.39 is 0 Å². The second kappa shape index (κ2) is 5.78. The minimum atomic E-state index is 0.377. The van der Waals surface area contributed by atoms with Gasteiger partial charge in [-0.3, -0.25) is 0 Å². The third kappa shape index (κ3) is 2.91. The normalized spacial score (nSPS) is 10.8. The van der Waals surface area contributed by atoms with Gasteiger partial charge in [-0.25, -0.2) is 0 Å². The Balaban J connectivity index is 2.09. The maximum atomic E-state index is 5.76. The van der Waals surface area contributed by atoms with Crippen LogP contribution in [0.1, 0.15) is 0 Å². The molecule has 0 aliphatic heterocycles. The van der Waals surface area contributed by atoms with Crippen LogP contribution in [0.25, 0.3) is 31.9 Å². The molecule has 0 radical (unpaired) electrons. The number of methoxy groups -OCH3 is 1. The molecular formula is C18H13NO3S. The Morgan fingerprint density at radius 1 is 0.783 bits per heavy atom. The van der Waals surface area contributed by atoms with Gasteiger partial charge in [-0.15, -0.1) is 11.3 Å². The van der Waals surface area contributed by atoms with Gasteiger partial charge in [-0.2, -0.15) is 4.98 Å². The summed E-state index contributed by atoms with van der Waals surface area (Å²) < 4.78 is 19.1. The standard InChI is InChI=1S/C18H13NO3S/c1-20-18-16-10-4-12(21-16)2-6-14-8-9-15(23-14)7-3-13-5-11-17(19-18)22-13/h2-11H,1H3. The third-order valence-corrected chi connectivity index (χ3v) is 4.34. The molecule has 0 saturated carbocycles. The Hall–Kier alpha value is -2.79. The predicted molar refractivity (Wildman–Crippen MR) is 92.2 cm³/mol. The van der Waals surface area contributed by atoms with E-state index in [1.165, 1.54) is 0 Å². The maximum Gasteiger partial charge on any atom is 0.260 e.